The van der Waals surface area contributed by atoms with Gasteiger partial charge in [0.2, 0.25) is 0 Å². The Kier molecular flexibility index (Phi) is 3.10. The van der Waals surface area contributed by atoms with E-state index in [1.54, 1.807) is 6.07 Å². The Balaban J connectivity index is 1.77. The fourth-order valence-electron chi connectivity index (χ4n) is 3.28. The van der Waals surface area contributed by atoms with Crippen LogP contribution in [0.5, 0.6) is 0 Å². The summed E-state index contributed by atoms with van der Waals surface area (Å²) in [6, 6.07) is 15.2. The zero-order chi connectivity index (χ0) is 15.1. The molecule has 0 radical (unpaired) electrons. The lowest BCUT2D eigenvalue weighted by atomic mass is 10.0. The van der Waals surface area contributed by atoms with Gasteiger partial charge in [-0.2, -0.15) is 4.98 Å². The van der Waals surface area contributed by atoms with Crippen LogP contribution in [-0.2, 0) is 0 Å². The summed E-state index contributed by atoms with van der Waals surface area (Å²) >= 11 is 0. The number of fused-ring (bicyclic) bond motifs is 1. The normalized spacial score (nSPS) is 21.6. The molecule has 2 aromatic carbocycles. The maximum Gasteiger partial charge on any atom is 0.298 e. The van der Waals surface area contributed by atoms with Gasteiger partial charge in [0.25, 0.3) is 6.01 Å². The number of aromatic nitrogens is 1. The third-order valence-corrected chi connectivity index (χ3v) is 4.30. The summed E-state index contributed by atoms with van der Waals surface area (Å²) < 4.78 is 20.1. The summed E-state index contributed by atoms with van der Waals surface area (Å²) in [6.45, 7) is 3.00. The lowest BCUT2D eigenvalue weighted by Gasteiger charge is -2.23. The van der Waals surface area contributed by atoms with Crippen LogP contribution in [0.1, 0.15) is 24.9 Å². The molecular formula is C18H17FN2O. The summed E-state index contributed by atoms with van der Waals surface area (Å²) in [5.74, 6) is 0.308. The van der Waals surface area contributed by atoms with Crippen molar-refractivity contribution in [2.75, 3.05) is 11.4 Å². The molecule has 0 N–H and O–H groups in total. The lowest BCUT2D eigenvalue weighted by molar-refractivity contribution is 0.535. The zero-order valence-electron chi connectivity index (χ0n) is 12.4. The molecule has 0 bridgehead atoms. The molecule has 0 saturated carbocycles. The Morgan fingerprint density at radius 3 is 2.73 bits per heavy atom. The van der Waals surface area contributed by atoms with Gasteiger partial charge >= 0.3 is 0 Å². The molecule has 0 amide bonds. The number of nitrogens with zero attached hydrogens (tertiary/aromatic N) is 2. The van der Waals surface area contributed by atoms with Crippen molar-refractivity contribution < 1.29 is 8.81 Å². The van der Waals surface area contributed by atoms with Crippen molar-refractivity contribution >= 4 is 17.1 Å². The van der Waals surface area contributed by atoms with Gasteiger partial charge in [-0.05, 0) is 30.5 Å². The van der Waals surface area contributed by atoms with E-state index in [0.29, 0.717) is 17.5 Å². The van der Waals surface area contributed by atoms with E-state index >= 15 is 0 Å². The number of oxazole rings is 1. The highest BCUT2D eigenvalue weighted by Gasteiger charge is 2.35. The molecule has 2 unspecified atom stereocenters. The molecule has 3 aromatic rings. The molecule has 112 valence electrons. The van der Waals surface area contributed by atoms with Crippen LogP contribution in [-0.4, -0.2) is 11.5 Å². The van der Waals surface area contributed by atoms with Gasteiger partial charge in [0, 0.05) is 12.1 Å². The van der Waals surface area contributed by atoms with Gasteiger partial charge in [-0.25, -0.2) is 4.39 Å². The average molecular weight is 296 g/mol. The van der Waals surface area contributed by atoms with Gasteiger partial charge < -0.3 is 9.32 Å². The van der Waals surface area contributed by atoms with Crippen molar-refractivity contribution in [2.45, 2.75) is 19.4 Å². The first-order valence-corrected chi connectivity index (χ1v) is 7.59. The fraction of sp³-hybridized carbons (Fsp3) is 0.278. The third-order valence-electron chi connectivity index (χ3n) is 4.30. The number of anilines is 1. The Morgan fingerprint density at radius 1 is 1.14 bits per heavy atom. The summed E-state index contributed by atoms with van der Waals surface area (Å²) in [4.78, 5) is 6.66. The Labute approximate surface area is 128 Å². The quantitative estimate of drug-likeness (QED) is 0.694. The van der Waals surface area contributed by atoms with Crippen molar-refractivity contribution in [3.05, 3.63) is 59.9 Å². The first kappa shape index (κ1) is 13.3. The smallest absolute Gasteiger partial charge is 0.298 e. The second-order valence-electron chi connectivity index (χ2n) is 5.99. The summed E-state index contributed by atoms with van der Waals surface area (Å²) in [6.07, 6.45) is 0.902. The first-order chi connectivity index (χ1) is 10.7. The van der Waals surface area contributed by atoms with E-state index in [2.05, 4.69) is 16.8 Å². The van der Waals surface area contributed by atoms with Crippen LogP contribution < -0.4 is 4.90 Å². The van der Waals surface area contributed by atoms with E-state index in [0.717, 1.165) is 24.1 Å². The maximum absolute atomic E-state index is 14.2. The highest BCUT2D eigenvalue weighted by molar-refractivity contribution is 5.74. The Bertz CT molecular complexity index is 780. The van der Waals surface area contributed by atoms with Crippen LogP contribution in [0.4, 0.5) is 10.4 Å². The molecule has 4 heteroatoms. The fourth-order valence-corrected chi connectivity index (χ4v) is 3.28. The van der Waals surface area contributed by atoms with E-state index in [9.17, 15) is 4.39 Å². The summed E-state index contributed by atoms with van der Waals surface area (Å²) in [5, 5.41) is 0. The molecule has 2 heterocycles. The molecule has 0 aliphatic carbocycles. The van der Waals surface area contributed by atoms with Crippen LogP contribution in [0.3, 0.4) is 0 Å². The monoisotopic (exact) mass is 296 g/mol. The largest absolute Gasteiger partial charge is 0.423 e. The predicted molar refractivity (Wildman–Crippen MR) is 84.3 cm³/mol. The van der Waals surface area contributed by atoms with Gasteiger partial charge in [0.15, 0.2) is 5.58 Å². The van der Waals surface area contributed by atoms with Crippen molar-refractivity contribution in [1.29, 1.82) is 0 Å². The molecular weight excluding hydrogens is 279 g/mol. The van der Waals surface area contributed by atoms with Crippen LogP contribution in [0.2, 0.25) is 0 Å². The Hall–Kier alpha value is -2.36. The van der Waals surface area contributed by atoms with Crippen LogP contribution in [0.15, 0.2) is 52.9 Å². The van der Waals surface area contributed by atoms with Crippen molar-refractivity contribution in [3.8, 4) is 0 Å². The van der Waals surface area contributed by atoms with Crippen LogP contribution in [0.25, 0.3) is 11.1 Å². The van der Waals surface area contributed by atoms with Crippen molar-refractivity contribution in [3.63, 3.8) is 0 Å². The standard InChI is InChI=1S/C18H17FN2O/c1-12-10-16(13-6-2-3-7-14(13)19)21(11-12)18-20-15-8-4-5-9-17(15)22-18/h2-9,12,16H,10-11H2,1H3. The molecule has 1 aliphatic rings. The van der Waals surface area contributed by atoms with E-state index < -0.39 is 0 Å². The lowest BCUT2D eigenvalue weighted by Crippen LogP contribution is -2.24. The minimum Gasteiger partial charge on any atom is -0.423 e. The molecule has 22 heavy (non-hydrogen) atoms. The third kappa shape index (κ3) is 2.15. The highest BCUT2D eigenvalue weighted by Crippen LogP contribution is 2.40. The molecule has 1 aromatic heterocycles. The number of halogens is 1. The first-order valence-electron chi connectivity index (χ1n) is 7.59. The van der Waals surface area contributed by atoms with E-state index in [-0.39, 0.29) is 11.9 Å². The number of hydrogen-bond acceptors (Lipinski definition) is 3. The second-order valence-corrected chi connectivity index (χ2v) is 5.99. The van der Waals surface area contributed by atoms with Crippen LogP contribution >= 0.6 is 0 Å². The van der Waals surface area contributed by atoms with Crippen LogP contribution in [0, 0.1) is 11.7 Å². The van der Waals surface area contributed by atoms with Gasteiger partial charge in [-0.15, -0.1) is 0 Å². The molecule has 0 spiro atoms. The highest BCUT2D eigenvalue weighted by atomic mass is 19.1. The minimum atomic E-state index is -0.164. The minimum absolute atomic E-state index is 0.0238. The number of hydrogen-bond donors (Lipinski definition) is 0. The predicted octanol–water partition coefficient (Wildman–Crippen LogP) is 4.55. The van der Waals surface area contributed by atoms with Gasteiger partial charge in [0.1, 0.15) is 11.3 Å². The Morgan fingerprint density at radius 2 is 1.91 bits per heavy atom. The van der Waals surface area contributed by atoms with Crippen molar-refractivity contribution in [2.24, 2.45) is 5.92 Å². The number of para-hydroxylation sites is 2. The summed E-state index contributed by atoms with van der Waals surface area (Å²) in [5.41, 5.74) is 2.32. The molecule has 1 aliphatic heterocycles. The van der Waals surface area contributed by atoms with E-state index in [1.807, 2.05) is 36.4 Å². The van der Waals surface area contributed by atoms with Gasteiger partial charge in [-0.3, -0.25) is 0 Å². The van der Waals surface area contributed by atoms with E-state index in [1.165, 1.54) is 6.07 Å². The average Bonchev–Trinajstić information content (AvgIpc) is 3.10. The van der Waals surface area contributed by atoms with Gasteiger partial charge in [-0.1, -0.05) is 37.3 Å². The maximum atomic E-state index is 14.2. The number of benzene rings is 2. The topological polar surface area (TPSA) is 29.3 Å². The molecule has 4 rings (SSSR count). The molecule has 3 nitrogen and oxygen atoms in total. The second kappa shape index (κ2) is 5.13. The summed E-state index contributed by atoms with van der Waals surface area (Å²) in [7, 11) is 0. The molecule has 1 saturated heterocycles. The van der Waals surface area contributed by atoms with Crippen molar-refractivity contribution in [1.82, 2.24) is 4.98 Å². The molecule has 1 fully saturated rings. The molecule has 2 atom stereocenters. The van der Waals surface area contributed by atoms with E-state index in [4.69, 9.17) is 4.42 Å². The van der Waals surface area contributed by atoms with Gasteiger partial charge in [0.05, 0.1) is 6.04 Å². The zero-order valence-corrected chi connectivity index (χ0v) is 12.4. The number of rotatable bonds is 2. The SMILES string of the molecule is CC1CC(c2ccccc2F)N(c2nc3ccccc3o2)C1.